The van der Waals surface area contributed by atoms with Gasteiger partial charge in [0.1, 0.15) is 11.5 Å². The maximum atomic E-state index is 12.7. The molecule has 0 heterocycles. The number of nitrogens with zero attached hydrogens (tertiary/aromatic N) is 1. The first-order chi connectivity index (χ1) is 12.4. The van der Waals surface area contributed by atoms with E-state index in [1.807, 2.05) is 50.2 Å². The number of carbonyl (C=O) groups excluding carboxylic acids is 1. The van der Waals surface area contributed by atoms with Crippen molar-refractivity contribution < 1.29 is 14.3 Å². The fourth-order valence-corrected chi connectivity index (χ4v) is 3.09. The molecule has 1 amide bonds. The lowest BCUT2D eigenvalue weighted by molar-refractivity contribution is 0.0941. The van der Waals surface area contributed by atoms with Crippen LogP contribution in [0.3, 0.4) is 0 Å². The summed E-state index contributed by atoms with van der Waals surface area (Å²) in [6, 6.07) is 11.0. The Balaban J connectivity index is 2.20. The number of halogens is 1. The predicted octanol–water partition coefficient (Wildman–Crippen LogP) is 3.70. The molecule has 140 valence electrons. The Labute approximate surface area is 159 Å². The van der Waals surface area contributed by atoms with E-state index >= 15 is 0 Å². The van der Waals surface area contributed by atoms with Gasteiger partial charge in [-0.15, -0.1) is 0 Å². The number of nitrogens with one attached hydrogen (secondary N) is 1. The van der Waals surface area contributed by atoms with Crippen molar-refractivity contribution in [3.05, 3.63) is 58.1 Å². The number of carbonyl (C=O) groups is 1. The first-order valence-corrected chi connectivity index (χ1v) is 8.68. The topological polar surface area (TPSA) is 50.8 Å². The monoisotopic (exact) mass is 376 g/mol. The Kier molecular flexibility index (Phi) is 6.89. The third kappa shape index (κ3) is 4.48. The van der Waals surface area contributed by atoms with Crippen LogP contribution in [0.25, 0.3) is 0 Å². The lowest BCUT2D eigenvalue weighted by Crippen LogP contribution is -2.34. The first-order valence-electron chi connectivity index (χ1n) is 8.30. The molecule has 2 rings (SSSR count). The largest absolute Gasteiger partial charge is 0.496 e. The van der Waals surface area contributed by atoms with E-state index in [1.54, 1.807) is 26.4 Å². The number of hydrogen-bond donors (Lipinski definition) is 1. The molecule has 0 fully saturated rings. The zero-order valence-corrected chi connectivity index (χ0v) is 16.6. The van der Waals surface area contributed by atoms with Crippen molar-refractivity contribution in [2.75, 3.05) is 34.9 Å². The van der Waals surface area contributed by atoms with Gasteiger partial charge in [-0.05, 0) is 44.8 Å². The van der Waals surface area contributed by atoms with Gasteiger partial charge in [-0.1, -0.05) is 29.8 Å². The second kappa shape index (κ2) is 8.92. The van der Waals surface area contributed by atoms with Crippen LogP contribution in [0.15, 0.2) is 36.4 Å². The molecule has 0 radical (unpaired) electrons. The lowest BCUT2D eigenvalue weighted by Gasteiger charge is -2.26. The minimum absolute atomic E-state index is 0.0399. The molecule has 0 aliphatic rings. The van der Waals surface area contributed by atoms with Crippen LogP contribution in [0.1, 0.15) is 27.5 Å². The van der Waals surface area contributed by atoms with Gasteiger partial charge in [0.25, 0.3) is 5.91 Å². The van der Waals surface area contributed by atoms with E-state index in [0.29, 0.717) is 28.6 Å². The smallest absolute Gasteiger partial charge is 0.251 e. The fourth-order valence-electron chi connectivity index (χ4n) is 2.82. The maximum Gasteiger partial charge on any atom is 0.251 e. The Morgan fingerprint density at radius 2 is 1.73 bits per heavy atom. The van der Waals surface area contributed by atoms with Gasteiger partial charge in [0.2, 0.25) is 0 Å². The average molecular weight is 377 g/mol. The summed E-state index contributed by atoms with van der Waals surface area (Å²) in [5.41, 5.74) is 2.31. The number of benzene rings is 2. The second-order valence-corrected chi connectivity index (χ2v) is 6.62. The van der Waals surface area contributed by atoms with Crippen LogP contribution in [0.5, 0.6) is 11.5 Å². The van der Waals surface area contributed by atoms with Crippen molar-refractivity contribution in [3.63, 3.8) is 0 Å². The molecule has 0 spiro atoms. The van der Waals surface area contributed by atoms with E-state index in [0.717, 1.165) is 11.1 Å². The van der Waals surface area contributed by atoms with Crippen molar-refractivity contribution in [1.82, 2.24) is 10.2 Å². The van der Waals surface area contributed by atoms with Gasteiger partial charge in [-0.3, -0.25) is 4.79 Å². The van der Waals surface area contributed by atoms with Crippen LogP contribution in [-0.2, 0) is 0 Å². The summed E-state index contributed by atoms with van der Waals surface area (Å²) in [5.74, 6) is 1.04. The van der Waals surface area contributed by atoms with Gasteiger partial charge >= 0.3 is 0 Å². The van der Waals surface area contributed by atoms with Gasteiger partial charge in [-0.2, -0.15) is 0 Å². The third-order valence-corrected chi connectivity index (χ3v) is 4.70. The third-order valence-electron chi connectivity index (χ3n) is 4.36. The first kappa shape index (κ1) is 20.1. The highest BCUT2D eigenvalue weighted by Crippen LogP contribution is 2.30. The molecule has 1 N–H and O–H groups in total. The average Bonchev–Trinajstić information content (AvgIpc) is 2.63. The van der Waals surface area contributed by atoms with Crippen LogP contribution in [0.4, 0.5) is 0 Å². The molecule has 1 atom stereocenters. The highest BCUT2D eigenvalue weighted by atomic mass is 35.5. The standard InChI is InChI=1S/C20H25ClN2O3/c1-13-18(25-4)10-14(11-19(13)26-5)20(24)22-12-17(23(2)3)15-8-6-7-9-16(15)21/h6-11,17H,12H2,1-5H3,(H,22,24). The number of rotatable bonds is 7. The van der Waals surface area contributed by atoms with Crippen molar-refractivity contribution in [1.29, 1.82) is 0 Å². The van der Waals surface area contributed by atoms with Crippen LogP contribution in [0.2, 0.25) is 5.02 Å². The molecule has 2 aromatic carbocycles. The summed E-state index contributed by atoms with van der Waals surface area (Å²) < 4.78 is 10.7. The summed E-state index contributed by atoms with van der Waals surface area (Å²) in [6.07, 6.45) is 0. The Morgan fingerprint density at radius 1 is 1.15 bits per heavy atom. The number of ether oxygens (including phenoxy) is 2. The highest BCUT2D eigenvalue weighted by Gasteiger charge is 2.19. The zero-order valence-electron chi connectivity index (χ0n) is 15.8. The van der Waals surface area contributed by atoms with Crippen LogP contribution in [0, 0.1) is 6.92 Å². The Hall–Kier alpha value is -2.24. The number of hydrogen-bond acceptors (Lipinski definition) is 4. The van der Waals surface area contributed by atoms with Gasteiger partial charge in [0.15, 0.2) is 0 Å². The minimum Gasteiger partial charge on any atom is -0.496 e. The quantitative estimate of drug-likeness (QED) is 0.800. The van der Waals surface area contributed by atoms with Crippen molar-refractivity contribution in [3.8, 4) is 11.5 Å². The molecular formula is C20H25ClN2O3. The summed E-state index contributed by atoms with van der Waals surface area (Å²) in [5, 5.41) is 3.66. The maximum absolute atomic E-state index is 12.7. The molecule has 0 aromatic heterocycles. The van der Waals surface area contributed by atoms with Gasteiger partial charge < -0.3 is 19.7 Å². The van der Waals surface area contributed by atoms with Crippen molar-refractivity contribution in [2.45, 2.75) is 13.0 Å². The van der Waals surface area contributed by atoms with E-state index in [4.69, 9.17) is 21.1 Å². The van der Waals surface area contributed by atoms with E-state index in [2.05, 4.69) is 5.32 Å². The lowest BCUT2D eigenvalue weighted by atomic mass is 10.1. The molecule has 5 nitrogen and oxygen atoms in total. The fraction of sp³-hybridized carbons (Fsp3) is 0.350. The molecule has 6 heteroatoms. The molecule has 0 saturated heterocycles. The molecule has 2 aromatic rings. The molecular weight excluding hydrogens is 352 g/mol. The summed E-state index contributed by atoms with van der Waals surface area (Å²) in [7, 11) is 7.06. The Bertz CT molecular complexity index is 752. The Morgan fingerprint density at radius 3 is 2.23 bits per heavy atom. The highest BCUT2D eigenvalue weighted by molar-refractivity contribution is 6.31. The van der Waals surface area contributed by atoms with Crippen LogP contribution >= 0.6 is 11.6 Å². The molecule has 0 aliphatic heterocycles. The van der Waals surface area contributed by atoms with E-state index in [-0.39, 0.29) is 11.9 Å². The number of amides is 1. The predicted molar refractivity (Wildman–Crippen MR) is 104 cm³/mol. The van der Waals surface area contributed by atoms with Crippen molar-refractivity contribution in [2.24, 2.45) is 0 Å². The van der Waals surface area contributed by atoms with Crippen molar-refractivity contribution >= 4 is 17.5 Å². The van der Waals surface area contributed by atoms with E-state index < -0.39 is 0 Å². The van der Waals surface area contributed by atoms with Crippen LogP contribution in [-0.4, -0.2) is 45.7 Å². The second-order valence-electron chi connectivity index (χ2n) is 6.22. The van der Waals surface area contributed by atoms with Gasteiger partial charge in [0.05, 0.1) is 20.3 Å². The summed E-state index contributed by atoms with van der Waals surface area (Å²) >= 11 is 6.32. The molecule has 0 bridgehead atoms. The number of likely N-dealkylation sites (N-methyl/N-ethyl adjacent to an activating group) is 1. The van der Waals surface area contributed by atoms with Gasteiger partial charge in [0, 0.05) is 22.7 Å². The minimum atomic E-state index is -0.194. The summed E-state index contributed by atoms with van der Waals surface area (Å²) in [4.78, 5) is 14.7. The molecule has 1 unspecified atom stereocenters. The van der Waals surface area contributed by atoms with E-state index in [1.165, 1.54) is 0 Å². The van der Waals surface area contributed by atoms with E-state index in [9.17, 15) is 4.79 Å². The molecule has 26 heavy (non-hydrogen) atoms. The molecule has 0 saturated carbocycles. The normalized spacial score (nSPS) is 12.0. The zero-order chi connectivity index (χ0) is 19.3. The van der Waals surface area contributed by atoms with Crippen LogP contribution < -0.4 is 14.8 Å². The molecule has 0 aliphatic carbocycles. The SMILES string of the molecule is COc1cc(C(=O)NCC(c2ccccc2Cl)N(C)C)cc(OC)c1C. The van der Waals surface area contributed by atoms with Gasteiger partial charge in [-0.25, -0.2) is 0 Å². The summed E-state index contributed by atoms with van der Waals surface area (Å²) in [6.45, 7) is 2.31. The number of methoxy groups -OCH3 is 2.